The quantitative estimate of drug-likeness (QED) is 0.531. The van der Waals surface area contributed by atoms with E-state index in [-0.39, 0.29) is 0 Å². The van der Waals surface area contributed by atoms with Crippen molar-refractivity contribution in [2.24, 2.45) is 0 Å². The van der Waals surface area contributed by atoms with E-state index < -0.39 is 0 Å². The third-order valence-corrected chi connectivity index (χ3v) is 1.46. The standard InChI is InChI=1S/C9H19O2/c1-4-6-10-7-8-11-9(3)5-2/h6,9H,4-5,7-8H2,1-3H3. The fraction of sp³-hybridized carbons (Fsp3) is 0.889. The normalized spacial score (nSPS) is 13.4. The molecule has 0 N–H and O–H groups in total. The average molecular weight is 159 g/mol. The van der Waals surface area contributed by atoms with Crippen molar-refractivity contribution in [2.45, 2.75) is 39.7 Å². The van der Waals surface area contributed by atoms with Gasteiger partial charge in [0.05, 0.1) is 25.9 Å². The summed E-state index contributed by atoms with van der Waals surface area (Å²) in [5.74, 6) is 0. The Morgan fingerprint density at radius 1 is 1.27 bits per heavy atom. The number of ether oxygens (including phenoxy) is 2. The van der Waals surface area contributed by atoms with Gasteiger partial charge in [0.2, 0.25) is 0 Å². The van der Waals surface area contributed by atoms with E-state index in [1.807, 2.05) is 0 Å². The summed E-state index contributed by atoms with van der Waals surface area (Å²) in [5.41, 5.74) is 0. The van der Waals surface area contributed by atoms with Gasteiger partial charge in [0.1, 0.15) is 0 Å². The maximum atomic E-state index is 5.39. The predicted octanol–water partition coefficient (Wildman–Crippen LogP) is 2.39. The highest BCUT2D eigenvalue weighted by Gasteiger charge is 1.96. The van der Waals surface area contributed by atoms with E-state index in [2.05, 4.69) is 20.8 Å². The summed E-state index contributed by atoms with van der Waals surface area (Å²) in [6, 6.07) is 0. The Kier molecular flexibility index (Phi) is 7.96. The minimum Gasteiger partial charge on any atom is -0.376 e. The van der Waals surface area contributed by atoms with E-state index in [9.17, 15) is 0 Å². The molecular weight excluding hydrogens is 140 g/mol. The molecule has 0 bridgehead atoms. The molecule has 2 heteroatoms. The van der Waals surface area contributed by atoms with Crippen LogP contribution in [0, 0.1) is 6.61 Å². The lowest BCUT2D eigenvalue weighted by Gasteiger charge is -2.09. The molecule has 11 heavy (non-hydrogen) atoms. The van der Waals surface area contributed by atoms with E-state index in [0.29, 0.717) is 19.3 Å². The fourth-order valence-electron chi connectivity index (χ4n) is 0.616. The Balaban J connectivity index is 2.89. The molecule has 0 amide bonds. The summed E-state index contributed by atoms with van der Waals surface area (Å²) in [6.45, 7) is 9.42. The molecule has 2 nitrogen and oxygen atoms in total. The average Bonchev–Trinajstić information content (AvgIpc) is 2.04. The fourth-order valence-corrected chi connectivity index (χ4v) is 0.616. The van der Waals surface area contributed by atoms with Crippen molar-refractivity contribution in [3.63, 3.8) is 0 Å². The number of hydrogen-bond donors (Lipinski definition) is 0. The maximum Gasteiger partial charge on any atom is 0.0835 e. The highest BCUT2D eigenvalue weighted by molar-refractivity contribution is 4.46. The van der Waals surface area contributed by atoms with Crippen molar-refractivity contribution >= 4 is 0 Å². The molecule has 0 saturated heterocycles. The zero-order valence-electron chi connectivity index (χ0n) is 7.80. The number of rotatable bonds is 7. The van der Waals surface area contributed by atoms with E-state index in [0.717, 1.165) is 12.8 Å². The first-order chi connectivity index (χ1) is 5.31. The van der Waals surface area contributed by atoms with E-state index >= 15 is 0 Å². The lowest BCUT2D eigenvalue weighted by Crippen LogP contribution is -2.11. The molecule has 0 aromatic carbocycles. The minimum atomic E-state index is 0.361. The van der Waals surface area contributed by atoms with Gasteiger partial charge in [-0.1, -0.05) is 13.8 Å². The van der Waals surface area contributed by atoms with Gasteiger partial charge >= 0.3 is 0 Å². The summed E-state index contributed by atoms with van der Waals surface area (Å²) in [4.78, 5) is 0. The first-order valence-corrected chi connectivity index (χ1v) is 4.36. The highest BCUT2D eigenvalue weighted by atomic mass is 16.5. The monoisotopic (exact) mass is 159 g/mol. The predicted molar refractivity (Wildman–Crippen MR) is 46.2 cm³/mol. The topological polar surface area (TPSA) is 18.5 Å². The Morgan fingerprint density at radius 3 is 2.55 bits per heavy atom. The summed E-state index contributed by atoms with van der Waals surface area (Å²) < 4.78 is 10.5. The first kappa shape index (κ1) is 10.9. The van der Waals surface area contributed by atoms with Crippen LogP contribution in [0.5, 0.6) is 0 Å². The Hall–Kier alpha value is -0.0800. The summed E-state index contributed by atoms with van der Waals surface area (Å²) in [5, 5.41) is 0. The molecule has 0 aliphatic carbocycles. The Morgan fingerprint density at radius 2 is 2.00 bits per heavy atom. The van der Waals surface area contributed by atoms with Gasteiger partial charge < -0.3 is 9.47 Å². The van der Waals surface area contributed by atoms with Gasteiger partial charge in [-0.05, 0) is 19.8 Å². The second kappa shape index (κ2) is 8.02. The molecule has 0 aromatic rings. The van der Waals surface area contributed by atoms with Crippen LogP contribution in [0.15, 0.2) is 0 Å². The van der Waals surface area contributed by atoms with Crippen LogP contribution in [-0.4, -0.2) is 19.3 Å². The maximum absolute atomic E-state index is 5.39. The third kappa shape index (κ3) is 7.82. The van der Waals surface area contributed by atoms with Crippen molar-refractivity contribution in [1.82, 2.24) is 0 Å². The Labute approximate surface area is 69.9 Å². The lowest BCUT2D eigenvalue weighted by atomic mass is 10.3. The van der Waals surface area contributed by atoms with Gasteiger partial charge in [-0.3, -0.25) is 0 Å². The second-order valence-electron chi connectivity index (χ2n) is 2.54. The van der Waals surface area contributed by atoms with Crippen molar-refractivity contribution in [2.75, 3.05) is 13.2 Å². The first-order valence-electron chi connectivity index (χ1n) is 4.36. The molecular formula is C9H19O2. The molecule has 67 valence electrons. The lowest BCUT2D eigenvalue weighted by molar-refractivity contribution is 0.0250. The van der Waals surface area contributed by atoms with Crippen molar-refractivity contribution in [3.8, 4) is 0 Å². The van der Waals surface area contributed by atoms with Gasteiger partial charge in [0.15, 0.2) is 0 Å². The SMILES string of the molecule is CC[CH]OCCOC(C)CC. The second-order valence-corrected chi connectivity index (χ2v) is 2.54. The molecule has 0 aromatic heterocycles. The minimum absolute atomic E-state index is 0.361. The van der Waals surface area contributed by atoms with Crippen molar-refractivity contribution in [1.29, 1.82) is 0 Å². The van der Waals surface area contributed by atoms with Gasteiger partial charge in [0, 0.05) is 0 Å². The Bertz CT molecular complexity index is 74.0. The van der Waals surface area contributed by atoms with Gasteiger partial charge in [0.25, 0.3) is 0 Å². The van der Waals surface area contributed by atoms with Gasteiger partial charge in [-0.15, -0.1) is 0 Å². The van der Waals surface area contributed by atoms with Crippen LogP contribution >= 0.6 is 0 Å². The van der Waals surface area contributed by atoms with Crippen LogP contribution in [0.1, 0.15) is 33.6 Å². The van der Waals surface area contributed by atoms with Crippen LogP contribution in [0.4, 0.5) is 0 Å². The molecule has 1 unspecified atom stereocenters. The van der Waals surface area contributed by atoms with Crippen molar-refractivity contribution in [3.05, 3.63) is 6.61 Å². The zero-order valence-corrected chi connectivity index (χ0v) is 7.80. The number of hydrogen-bond acceptors (Lipinski definition) is 2. The zero-order chi connectivity index (χ0) is 8.53. The summed E-state index contributed by atoms with van der Waals surface area (Å²) >= 11 is 0. The molecule has 0 aliphatic heterocycles. The smallest absolute Gasteiger partial charge is 0.0835 e. The van der Waals surface area contributed by atoms with Crippen LogP contribution in [0.2, 0.25) is 0 Å². The van der Waals surface area contributed by atoms with Crippen LogP contribution in [0.3, 0.4) is 0 Å². The van der Waals surface area contributed by atoms with E-state index in [1.165, 1.54) is 0 Å². The van der Waals surface area contributed by atoms with Gasteiger partial charge in [-0.2, -0.15) is 0 Å². The van der Waals surface area contributed by atoms with Crippen LogP contribution in [-0.2, 0) is 9.47 Å². The summed E-state index contributed by atoms with van der Waals surface area (Å²) in [7, 11) is 0. The van der Waals surface area contributed by atoms with E-state index in [4.69, 9.17) is 9.47 Å². The molecule has 0 rings (SSSR count). The molecule has 0 heterocycles. The third-order valence-electron chi connectivity index (χ3n) is 1.46. The molecule has 1 radical (unpaired) electrons. The molecule has 0 aliphatic rings. The summed E-state index contributed by atoms with van der Waals surface area (Å²) in [6.07, 6.45) is 2.39. The van der Waals surface area contributed by atoms with Gasteiger partial charge in [-0.25, -0.2) is 0 Å². The van der Waals surface area contributed by atoms with E-state index in [1.54, 1.807) is 6.61 Å². The molecule has 0 spiro atoms. The van der Waals surface area contributed by atoms with Crippen molar-refractivity contribution < 1.29 is 9.47 Å². The molecule has 0 saturated carbocycles. The van der Waals surface area contributed by atoms with Crippen LogP contribution in [0.25, 0.3) is 0 Å². The molecule has 0 fully saturated rings. The largest absolute Gasteiger partial charge is 0.376 e. The molecule has 1 atom stereocenters. The van der Waals surface area contributed by atoms with Crippen LogP contribution < -0.4 is 0 Å². The highest BCUT2D eigenvalue weighted by Crippen LogP contribution is 1.95.